The summed E-state index contributed by atoms with van der Waals surface area (Å²) in [6.07, 6.45) is 0. The molecule has 0 aliphatic rings. The number of nitrogens with one attached hydrogen (secondary N) is 1. The maximum atomic E-state index is 11.1. The predicted molar refractivity (Wildman–Crippen MR) is 52.0 cm³/mol. The molecule has 14 heavy (non-hydrogen) atoms. The number of amides is 1. The minimum atomic E-state index is -0.612. The number of rotatable bonds is 2. The molecule has 0 spiro atoms. The molecule has 0 aromatic heterocycles. The van der Waals surface area contributed by atoms with Gasteiger partial charge in [0.1, 0.15) is 0 Å². The van der Waals surface area contributed by atoms with Crippen molar-refractivity contribution < 1.29 is 9.72 Å². The van der Waals surface area contributed by atoms with E-state index >= 15 is 0 Å². The number of hydrogen-bond donors (Lipinski definition) is 3. The lowest BCUT2D eigenvalue weighted by Crippen LogP contribution is -2.30. The average molecular weight is 213 g/mol. The molecule has 0 saturated carbocycles. The fourth-order valence-electron chi connectivity index (χ4n) is 0.897. The fraction of sp³-hybridized carbons (Fsp3) is 0. The number of nitro groups is 1. The molecule has 0 heterocycles. The van der Waals surface area contributed by atoms with E-state index < -0.39 is 10.8 Å². The second kappa shape index (κ2) is 4.07. The maximum absolute atomic E-state index is 11.1. The molecule has 7 heteroatoms. The minimum absolute atomic E-state index is 0.0741. The van der Waals surface area contributed by atoms with Crippen molar-refractivity contribution in [2.45, 2.75) is 4.90 Å². The summed E-state index contributed by atoms with van der Waals surface area (Å²) in [6, 6.07) is 3.74. The van der Waals surface area contributed by atoms with Crippen molar-refractivity contribution in [1.82, 2.24) is 5.43 Å². The number of hydrogen-bond acceptors (Lipinski definition) is 5. The fourth-order valence-corrected chi connectivity index (χ4v) is 1.14. The van der Waals surface area contributed by atoms with Gasteiger partial charge in [0.15, 0.2) is 0 Å². The molecule has 74 valence electrons. The van der Waals surface area contributed by atoms with Crippen LogP contribution in [0.1, 0.15) is 10.4 Å². The molecule has 0 fully saturated rings. The second-order valence-corrected chi connectivity index (χ2v) is 2.91. The van der Waals surface area contributed by atoms with Gasteiger partial charge in [0.25, 0.3) is 11.6 Å². The highest BCUT2D eigenvalue weighted by molar-refractivity contribution is 7.80. The van der Waals surface area contributed by atoms with Crippen LogP contribution < -0.4 is 11.3 Å². The number of nitro benzene ring substituents is 1. The number of nitrogens with two attached hydrogens (primary N) is 1. The molecular formula is C7H7N3O3S. The van der Waals surface area contributed by atoms with Gasteiger partial charge in [-0.3, -0.25) is 20.3 Å². The van der Waals surface area contributed by atoms with Gasteiger partial charge < -0.3 is 0 Å². The summed E-state index contributed by atoms with van der Waals surface area (Å²) in [7, 11) is 0. The minimum Gasteiger partial charge on any atom is -0.290 e. The van der Waals surface area contributed by atoms with Crippen LogP contribution in [0.3, 0.4) is 0 Å². The van der Waals surface area contributed by atoms with Crippen molar-refractivity contribution in [2.24, 2.45) is 5.84 Å². The van der Waals surface area contributed by atoms with Crippen molar-refractivity contribution in [1.29, 1.82) is 0 Å². The molecule has 1 aromatic rings. The quantitative estimate of drug-likeness (QED) is 0.219. The molecule has 0 radical (unpaired) electrons. The molecule has 0 aliphatic heterocycles. The highest BCUT2D eigenvalue weighted by atomic mass is 32.1. The highest BCUT2D eigenvalue weighted by Gasteiger charge is 2.13. The molecule has 0 atom stereocenters. The van der Waals surface area contributed by atoms with Crippen molar-refractivity contribution in [3.63, 3.8) is 0 Å². The molecule has 1 amide bonds. The summed E-state index contributed by atoms with van der Waals surface area (Å²) in [5.41, 5.74) is 1.77. The normalized spacial score (nSPS) is 9.57. The maximum Gasteiger partial charge on any atom is 0.270 e. The molecule has 0 bridgehead atoms. The smallest absolute Gasteiger partial charge is 0.270 e. The zero-order chi connectivity index (χ0) is 10.7. The van der Waals surface area contributed by atoms with E-state index in [0.717, 1.165) is 6.07 Å². The molecule has 6 nitrogen and oxygen atoms in total. The van der Waals surface area contributed by atoms with Crippen LogP contribution in [0.5, 0.6) is 0 Å². The van der Waals surface area contributed by atoms with E-state index in [-0.39, 0.29) is 11.3 Å². The van der Waals surface area contributed by atoms with Crippen molar-refractivity contribution in [3.05, 3.63) is 33.9 Å². The van der Waals surface area contributed by atoms with Crippen LogP contribution in [0.15, 0.2) is 23.1 Å². The number of nitrogens with zero attached hydrogens (tertiary/aromatic N) is 1. The van der Waals surface area contributed by atoms with Crippen molar-refractivity contribution >= 4 is 24.2 Å². The lowest BCUT2D eigenvalue weighted by molar-refractivity contribution is -0.384. The third kappa shape index (κ3) is 2.01. The molecule has 0 aliphatic carbocycles. The monoisotopic (exact) mass is 213 g/mol. The zero-order valence-corrected chi connectivity index (χ0v) is 7.82. The lowest BCUT2D eigenvalue weighted by atomic mass is 10.2. The number of hydrazine groups is 1. The summed E-state index contributed by atoms with van der Waals surface area (Å²) in [5, 5.41) is 10.4. The summed E-state index contributed by atoms with van der Waals surface area (Å²) in [4.78, 5) is 21.2. The number of nitrogen functional groups attached to an aromatic ring is 1. The van der Waals surface area contributed by atoms with Crippen LogP contribution in [-0.2, 0) is 0 Å². The Morgan fingerprint density at radius 3 is 2.71 bits per heavy atom. The van der Waals surface area contributed by atoms with E-state index in [1.54, 1.807) is 0 Å². The van der Waals surface area contributed by atoms with Gasteiger partial charge in [-0.15, -0.1) is 12.6 Å². The van der Waals surface area contributed by atoms with E-state index in [2.05, 4.69) is 12.6 Å². The third-order valence-corrected chi connectivity index (χ3v) is 1.96. The van der Waals surface area contributed by atoms with Crippen LogP contribution in [0.25, 0.3) is 0 Å². The van der Waals surface area contributed by atoms with Gasteiger partial charge >= 0.3 is 0 Å². The van der Waals surface area contributed by atoms with Gasteiger partial charge in [-0.25, -0.2) is 5.84 Å². The largest absolute Gasteiger partial charge is 0.290 e. The van der Waals surface area contributed by atoms with Gasteiger partial charge in [0.05, 0.1) is 10.5 Å². The second-order valence-electron chi connectivity index (χ2n) is 2.43. The van der Waals surface area contributed by atoms with E-state index in [9.17, 15) is 14.9 Å². The first-order valence-corrected chi connectivity index (χ1v) is 3.99. The van der Waals surface area contributed by atoms with Crippen LogP contribution in [0, 0.1) is 10.1 Å². The Balaban J connectivity index is 3.21. The Morgan fingerprint density at radius 1 is 1.57 bits per heavy atom. The SMILES string of the molecule is NNC(=O)c1cc([N+](=O)[O-])ccc1S. The van der Waals surface area contributed by atoms with Crippen LogP contribution in [-0.4, -0.2) is 10.8 Å². The Bertz CT molecular complexity index is 394. The molecule has 0 unspecified atom stereocenters. The number of thiol groups is 1. The van der Waals surface area contributed by atoms with Crippen LogP contribution >= 0.6 is 12.6 Å². The number of non-ortho nitro benzene ring substituents is 1. The van der Waals surface area contributed by atoms with Gasteiger partial charge in [-0.05, 0) is 6.07 Å². The predicted octanol–water partition coefficient (Wildman–Crippen LogP) is 0.487. The first-order chi connectivity index (χ1) is 6.56. The molecule has 1 rings (SSSR count). The first kappa shape index (κ1) is 10.5. The topological polar surface area (TPSA) is 98.3 Å². The van der Waals surface area contributed by atoms with Crippen LogP contribution in [0.4, 0.5) is 5.69 Å². The summed E-state index contributed by atoms with van der Waals surface area (Å²) in [5.74, 6) is 4.28. The lowest BCUT2D eigenvalue weighted by Gasteiger charge is -2.02. The third-order valence-electron chi connectivity index (χ3n) is 1.57. The highest BCUT2D eigenvalue weighted by Crippen LogP contribution is 2.20. The Labute approximate surface area is 84.6 Å². The molecular weight excluding hydrogens is 206 g/mol. The number of carbonyl (C=O) groups is 1. The molecule has 3 N–H and O–H groups in total. The molecule has 1 aromatic carbocycles. The van der Waals surface area contributed by atoms with Gasteiger partial charge in [-0.1, -0.05) is 0 Å². The van der Waals surface area contributed by atoms with Gasteiger partial charge in [0, 0.05) is 17.0 Å². The molecule has 0 saturated heterocycles. The Morgan fingerprint density at radius 2 is 2.21 bits per heavy atom. The van der Waals surface area contributed by atoms with E-state index in [4.69, 9.17) is 5.84 Å². The van der Waals surface area contributed by atoms with E-state index in [0.29, 0.717) is 4.90 Å². The van der Waals surface area contributed by atoms with Crippen molar-refractivity contribution in [3.8, 4) is 0 Å². The van der Waals surface area contributed by atoms with Gasteiger partial charge in [-0.2, -0.15) is 0 Å². The summed E-state index contributed by atoms with van der Waals surface area (Å²) in [6.45, 7) is 0. The summed E-state index contributed by atoms with van der Waals surface area (Å²) < 4.78 is 0. The first-order valence-electron chi connectivity index (χ1n) is 3.54. The summed E-state index contributed by atoms with van der Waals surface area (Å²) >= 11 is 3.97. The van der Waals surface area contributed by atoms with E-state index in [1.807, 2.05) is 5.43 Å². The Hall–Kier alpha value is -1.60. The zero-order valence-electron chi connectivity index (χ0n) is 6.93. The number of benzene rings is 1. The van der Waals surface area contributed by atoms with Crippen LogP contribution in [0.2, 0.25) is 0 Å². The number of carbonyl (C=O) groups excluding carboxylic acids is 1. The van der Waals surface area contributed by atoms with E-state index in [1.165, 1.54) is 12.1 Å². The van der Waals surface area contributed by atoms with Crippen molar-refractivity contribution in [2.75, 3.05) is 0 Å². The standard InChI is InChI=1S/C7H7N3O3S/c8-9-7(11)5-3-4(10(12)13)1-2-6(5)14/h1-3,14H,8H2,(H,9,11). The average Bonchev–Trinajstić information content (AvgIpc) is 2.17. The Kier molecular flexibility index (Phi) is 3.05. The van der Waals surface area contributed by atoms with Gasteiger partial charge in [0.2, 0.25) is 0 Å².